The third kappa shape index (κ3) is 2.98. The van der Waals surface area contributed by atoms with Crippen LogP contribution in [0.2, 0.25) is 0 Å². The Kier molecular flexibility index (Phi) is 4.80. The van der Waals surface area contributed by atoms with Gasteiger partial charge in [-0.05, 0) is 19.1 Å². The minimum atomic E-state index is -0.336. The molecule has 1 rings (SSSR count). The Bertz CT molecular complexity index is 269. The molecule has 0 aromatic heterocycles. The van der Waals surface area contributed by atoms with Gasteiger partial charge in [-0.3, -0.25) is 14.9 Å². The SMILES string of the molecule is CCC(CC)(CNC1CC(=O)NC1=O)SC. The monoisotopic (exact) mass is 244 g/mol. The lowest BCUT2D eigenvalue weighted by molar-refractivity contribution is -0.125. The van der Waals surface area contributed by atoms with Crippen molar-refractivity contribution in [3.63, 3.8) is 0 Å². The maximum Gasteiger partial charge on any atom is 0.244 e. The van der Waals surface area contributed by atoms with Crippen LogP contribution in [0.1, 0.15) is 33.1 Å². The van der Waals surface area contributed by atoms with E-state index in [4.69, 9.17) is 0 Å². The molecule has 2 N–H and O–H groups in total. The molecule has 0 bridgehead atoms. The molecule has 16 heavy (non-hydrogen) atoms. The smallest absolute Gasteiger partial charge is 0.244 e. The zero-order chi connectivity index (χ0) is 12.2. The molecule has 0 aromatic carbocycles. The molecule has 1 heterocycles. The average molecular weight is 244 g/mol. The summed E-state index contributed by atoms with van der Waals surface area (Å²) in [6, 6.07) is -0.336. The summed E-state index contributed by atoms with van der Waals surface area (Å²) in [6.07, 6.45) is 4.48. The Morgan fingerprint density at radius 1 is 1.44 bits per heavy atom. The van der Waals surface area contributed by atoms with Gasteiger partial charge < -0.3 is 5.32 Å². The fraction of sp³-hybridized carbons (Fsp3) is 0.818. The summed E-state index contributed by atoms with van der Waals surface area (Å²) in [5, 5.41) is 5.51. The van der Waals surface area contributed by atoms with Gasteiger partial charge >= 0.3 is 0 Å². The maximum absolute atomic E-state index is 11.4. The van der Waals surface area contributed by atoms with Crippen molar-refractivity contribution in [2.24, 2.45) is 0 Å². The van der Waals surface area contributed by atoms with Gasteiger partial charge in [0.2, 0.25) is 11.8 Å². The maximum atomic E-state index is 11.4. The van der Waals surface area contributed by atoms with Gasteiger partial charge in [0, 0.05) is 11.3 Å². The summed E-state index contributed by atoms with van der Waals surface area (Å²) in [5.74, 6) is -0.363. The second-order valence-corrected chi connectivity index (χ2v) is 5.42. The molecule has 4 nitrogen and oxygen atoms in total. The standard InChI is InChI=1S/C11H20N2O2S/c1-4-11(5-2,16-3)7-12-8-6-9(14)13-10(8)15/h8,12H,4-7H2,1-3H3,(H,13,14,15). The lowest BCUT2D eigenvalue weighted by Gasteiger charge is -2.30. The topological polar surface area (TPSA) is 58.2 Å². The van der Waals surface area contributed by atoms with Crippen LogP contribution >= 0.6 is 11.8 Å². The van der Waals surface area contributed by atoms with Crippen molar-refractivity contribution in [3.05, 3.63) is 0 Å². The van der Waals surface area contributed by atoms with Crippen LogP contribution < -0.4 is 10.6 Å². The van der Waals surface area contributed by atoms with E-state index in [0.717, 1.165) is 19.4 Å². The number of carbonyl (C=O) groups excluding carboxylic acids is 2. The van der Waals surface area contributed by atoms with E-state index in [-0.39, 0.29) is 29.0 Å². The summed E-state index contributed by atoms with van der Waals surface area (Å²) in [6.45, 7) is 5.08. The van der Waals surface area contributed by atoms with Crippen LogP contribution in [-0.4, -0.2) is 35.4 Å². The van der Waals surface area contributed by atoms with Crippen LogP contribution in [0.15, 0.2) is 0 Å². The predicted molar refractivity (Wildman–Crippen MR) is 66.4 cm³/mol. The van der Waals surface area contributed by atoms with Crippen molar-refractivity contribution in [1.82, 2.24) is 10.6 Å². The van der Waals surface area contributed by atoms with Crippen LogP contribution in [0.3, 0.4) is 0 Å². The molecule has 0 saturated carbocycles. The van der Waals surface area contributed by atoms with Crippen molar-refractivity contribution in [2.45, 2.75) is 43.9 Å². The van der Waals surface area contributed by atoms with Crippen molar-refractivity contribution in [2.75, 3.05) is 12.8 Å². The first-order valence-corrected chi connectivity index (χ1v) is 6.91. The lowest BCUT2D eigenvalue weighted by atomic mass is 10.0. The van der Waals surface area contributed by atoms with Gasteiger partial charge in [0.25, 0.3) is 0 Å². The Morgan fingerprint density at radius 3 is 2.44 bits per heavy atom. The zero-order valence-corrected chi connectivity index (χ0v) is 10.9. The highest BCUT2D eigenvalue weighted by Crippen LogP contribution is 2.29. The molecule has 1 saturated heterocycles. The molecule has 1 unspecified atom stereocenters. The van der Waals surface area contributed by atoms with Gasteiger partial charge in [0.05, 0.1) is 12.5 Å². The Labute approximate surface area is 101 Å². The quantitative estimate of drug-likeness (QED) is 0.682. The first-order chi connectivity index (χ1) is 7.56. The van der Waals surface area contributed by atoms with Crippen molar-refractivity contribution in [3.8, 4) is 0 Å². The summed E-state index contributed by atoms with van der Waals surface area (Å²) < 4.78 is 0.173. The van der Waals surface area contributed by atoms with E-state index in [9.17, 15) is 9.59 Å². The number of hydrogen-bond acceptors (Lipinski definition) is 4. The molecule has 5 heteroatoms. The molecule has 1 fully saturated rings. The van der Waals surface area contributed by atoms with Crippen LogP contribution in [0.25, 0.3) is 0 Å². The second kappa shape index (κ2) is 5.68. The van der Waals surface area contributed by atoms with Gasteiger partial charge in [0.15, 0.2) is 0 Å². The summed E-state index contributed by atoms with van der Waals surface area (Å²) >= 11 is 1.82. The Hall–Kier alpha value is -0.550. The third-order valence-electron chi connectivity index (χ3n) is 3.36. The molecule has 1 aliphatic heterocycles. The predicted octanol–water partition coefficient (Wildman–Crippen LogP) is 0.913. The number of amides is 2. The van der Waals surface area contributed by atoms with E-state index < -0.39 is 0 Å². The van der Waals surface area contributed by atoms with Gasteiger partial charge in [-0.2, -0.15) is 11.8 Å². The first kappa shape index (κ1) is 13.5. The normalized spacial score (nSPS) is 21.3. The summed E-state index contributed by atoms with van der Waals surface area (Å²) in [5.41, 5.74) is 0. The highest BCUT2D eigenvalue weighted by Gasteiger charge is 2.33. The van der Waals surface area contributed by atoms with E-state index in [1.54, 1.807) is 0 Å². The molecule has 92 valence electrons. The van der Waals surface area contributed by atoms with Crippen LogP contribution in [0.4, 0.5) is 0 Å². The second-order valence-electron chi connectivity index (χ2n) is 4.14. The van der Waals surface area contributed by atoms with Crippen LogP contribution in [0.5, 0.6) is 0 Å². The molecule has 1 aliphatic rings. The molecule has 0 radical (unpaired) electrons. The van der Waals surface area contributed by atoms with Crippen molar-refractivity contribution < 1.29 is 9.59 Å². The molecule has 0 spiro atoms. The zero-order valence-electron chi connectivity index (χ0n) is 10.1. The Balaban J connectivity index is 2.49. The third-order valence-corrected chi connectivity index (χ3v) is 4.95. The fourth-order valence-electron chi connectivity index (χ4n) is 1.89. The number of nitrogens with one attached hydrogen (secondary N) is 2. The number of hydrogen-bond donors (Lipinski definition) is 2. The van der Waals surface area contributed by atoms with Gasteiger partial charge in [0.1, 0.15) is 0 Å². The first-order valence-electron chi connectivity index (χ1n) is 5.69. The highest BCUT2D eigenvalue weighted by molar-refractivity contribution is 8.00. The van der Waals surface area contributed by atoms with E-state index in [1.165, 1.54) is 0 Å². The van der Waals surface area contributed by atoms with E-state index in [0.29, 0.717) is 0 Å². The summed E-state index contributed by atoms with van der Waals surface area (Å²) in [7, 11) is 0. The van der Waals surface area contributed by atoms with Gasteiger partial charge in [-0.15, -0.1) is 0 Å². The molecular formula is C11H20N2O2S. The fourth-order valence-corrected chi connectivity index (χ4v) is 2.69. The number of thioether (sulfide) groups is 1. The number of carbonyl (C=O) groups is 2. The summed E-state index contributed by atoms with van der Waals surface area (Å²) in [4.78, 5) is 22.4. The lowest BCUT2D eigenvalue weighted by Crippen LogP contribution is -2.44. The van der Waals surface area contributed by atoms with Crippen LogP contribution in [0, 0.1) is 0 Å². The molecule has 0 aromatic rings. The molecule has 1 atom stereocenters. The van der Waals surface area contributed by atoms with E-state index in [2.05, 4.69) is 30.7 Å². The highest BCUT2D eigenvalue weighted by atomic mass is 32.2. The molecule has 0 aliphatic carbocycles. The van der Waals surface area contributed by atoms with Gasteiger partial charge in [-0.1, -0.05) is 13.8 Å². The van der Waals surface area contributed by atoms with Crippen molar-refractivity contribution in [1.29, 1.82) is 0 Å². The Morgan fingerprint density at radius 2 is 2.06 bits per heavy atom. The average Bonchev–Trinajstić information content (AvgIpc) is 2.60. The largest absolute Gasteiger partial charge is 0.304 e. The van der Waals surface area contributed by atoms with Crippen molar-refractivity contribution >= 4 is 23.6 Å². The number of imide groups is 1. The molecular weight excluding hydrogens is 224 g/mol. The minimum Gasteiger partial charge on any atom is -0.304 e. The number of rotatable bonds is 6. The molecule has 2 amide bonds. The van der Waals surface area contributed by atoms with E-state index >= 15 is 0 Å². The van der Waals surface area contributed by atoms with Crippen LogP contribution in [-0.2, 0) is 9.59 Å². The van der Waals surface area contributed by atoms with Gasteiger partial charge in [-0.25, -0.2) is 0 Å². The van der Waals surface area contributed by atoms with E-state index in [1.807, 2.05) is 11.8 Å². The minimum absolute atomic E-state index is 0.173.